The summed E-state index contributed by atoms with van der Waals surface area (Å²) in [4.78, 5) is 14.6. The van der Waals surface area contributed by atoms with E-state index in [1.165, 1.54) is 0 Å². The monoisotopic (exact) mass is 433 g/mol. The second-order valence-corrected chi connectivity index (χ2v) is 7.30. The molecule has 1 atom stereocenters. The maximum atomic E-state index is 12.9. The van der Waals surface area contributed by atoms with E-state index in [-0.39, 0.29) is 12.5 Å². The van der Waals surface area contributed by atoms with E-state index in [2.05, 4.69) is 10.2 Å². The lowest BCUT2D eigenvalue weighted by molar-refractivity contribution is -0.139. The Morgan fingerprint density at radius 2 is 1.97 bits per heavy atom. The minimum absolute atomic E-state index is 0.177. The highest BCUT2D eigenvalue weighted by Gasteiger charge is 2.24. The van der Waals surface area contributed by atoms with Crippen LogP contribution in [0.5, 0.6) is 5.75 Å². The number of benzene rings is 2. The third-order valence-electron chi connectivity index (χ3n) is 4.16. The van der Waals surface area contributed by atoms with Gasteiger partial charge < -0.3 is 14.1 Å². The van der Waals surface area contributed by atoms with Crippen LogP contribution in [0.3, 0.4) is 0 Å². The van der Waals surface area contributed by atoms with Gasteiger partial charge in [-0.25, -0.2) is 0 Å². The summed E-state index contributed by atoms with van der Waals surface area (Å²) < 4.78 is 11.5. The number of nitrogens with zero attached hydrogens (tertiary/aromatic N) is 3. The van der Waals surface area contributed by atoms with Gasteiger partial charge in [-0.1, -0.05) is 48.3 Å². The van der Waals surface area contributed by atoms with Crippen LogP contribution >= 0.6 is 23.2 Å². The molecule has 0 aliphatic heterocycles. The maximum absolute atomic E-state index is 12.9. The second kappa shape index (κ2) is 9.76. The Hall–Kier alpha value is -2.57. The van der Waals surface area contributed by atoms with Crippen LogP contribution in [-0.2, 0) is 11.3 Å². The predicted octanol–water partition coefficient (Wildman–Crippen LogP) is 5.25. The smallest absolute Gasteiger partial charge is 0.263 e. The van der Waals surface area contributed by atoms with Crippen LogP contribution in [0.4, 0.5) is 0 Å². The fraction of sp³-hybridized carbons (Fsp3) is 0.286. The molecular formula is C21H21Cl2N3O3. The lowest BCUT2D eigenvalue weighted by Crippen LogP contribution is -2.40. The zero-order valence-electron chi connectivity index (χ0n) is 16.1. The molecule has 8 heteroatoms. The van der Waals surface area contributed by atoms with Crippen LogP contribution in [0.15, 0.2) is 52.9 Å². The van der Waals surface area contributed by atoms with Gasteiger partial charge >= 0.3 is 0 Å². The van der Waals surface area contributed by atoms with Crippen molar-refractivity contribution in [1.82, 2.24) is 15.1 Å². The van der Waals surface area contributed by atoms with E-state index in [9.17, 15) is 4.79 Å². The maximum Gasteiger partial charge on any atom is 0.263 e. The van der Waals surface area contributed by atoms with E-state index in [0.717, 1.165) is 6.42 Å². The number of aromatic nitrogens is 2. The SMILES string of the molecule is CCCN(Cc1nnc(-c2ccccc2Cl)o1)C(=O)C(C)Oc1cccc(Cl)c1. The molecule has 2 aromatic carbocycles. The van der Waals surface area contributed by atoms with Crippen LogP contribution in [0.1, 0.15) is 26.2 Å². The fourth-order valence-corrected chi connectivity index (χ4v) is 3.21. The Labute approximate surface area is 179 Å². The third kappa shape index (κ3) is 5.49. The molecule has 0 saturated heterocycles. The van der Waals surface area contributed by atoms with Gasteiger partial charge in [0.1, 0.15) is 5.75 Å². The molecule has 0 N–H and O–H groups in total. The van der Waals surface area contributed by atoms with Gasteiger partial charge in [0.15, 0.2) is 6.10 Å². The highest BCUT2D eigenvalue weighted by molar-refractivity contribution is 6.33. The molecule has 0 radical (unpaired) electrons. The zero-order valence-corrected chi connectivity index (χ0v) is 17.7. The van der Waals surface area contributed by atoms with Crippen molar-refractivity contribution in [2.45, 2.75) is 32.9 Å². The highest BCUT2D eigenvalue weighted by atomic mass is 35.5. The first-order chi connectivity index (χ1) is 14.0. The van der Waals surface area contributed by atoms with Crippen molar-refractivity contribution in [2.24, 2.45) is 0 Å². The molecule has 6 nitrogen and oxygen atoms in total. The van der Waals surface area contributed by atoms with Crippen molar-refractivity contribution in [3.05, 3.63) is 64.5 Å². The molecule has 0 bridgehead atoms. The summed E-state index contributed by atoms with van der Waals surface area (Å²) in [6.45, 7) is 4.42. The average Bonchev–Trinajstić information content (AvgIpc) is 3.15. The van der Waals surface area contributed by atoms with Crippen LogP contribution in [0.25, 0.3) is 11.5 Å². The zero-order chi connectivity index (χ0) is 20.8. The number of ether oxygens (including phenoxy) is 1. The first-order valence-electron chi connectivity index (χ1n) is 9.26. The largest absolute Gasteiger partial charge is 0.481 e. The molecule has 0 aliphatic rings. The number of amides is 1. The summed E-state index contributed by atoms with van der Waals surface area (Å²) in [7, 11) is 0. The van der Waals surface area contributed by atoms with Gasteiger partial charge in [-0.05, 0) is 43.7 Å². The van der Waals surface area contributed by atoms with Crippen molar-refractivity contribution in [2.75, 3.05) is 6.54 Å². The van der Waals surface area contributed by atoms with Crippen LogP contribution in [0.2, 0.25) is 10.0 Å². The summed E-state index contributed by atoms with van der Waals surface area (Å²) >= 11 is 12.2. The second-order valence-electron chi connectivity index (χ2n) is 6.46. The summed E-state index contributed by atoms with van der Waals surface area (Å²) in [6.07, 6.45) is 0.0900. The lowest BCUT2D eigenvalue weighted by atomic mass is 10.2. The van der Waals surface area contributed by atoms with Gasteiger partial charge in [-0.15, -0.1) is 10.2 Å². The van der Waals surface area contributed by atoms with Crippen molar-refractivity contribution in [3.8, 4) is 17.2 Å². The molecule has 29 heavy (non-hydrogen) atoms. The molecule has 1 aromatic heterocycles. The van der Waals surface area contributed by atoms with Gasteiger partial charge in [0.05, 0.1) is 17.1 Å². The molecule has 3 rings (SSSR count). The molecular weight excluding hydrogens is 413 g/mol. The van der Waals surface area contributed by atoms with Gasteiger partial charge in [0, 0.05) is 11.6 Å². The van der Waals surface area contributed by atoms with Crippen molar-refractivity contribution < 1.29 is 13.9 Å². The number of carbonyl (C=O) groups is 1. The van der Waals surface area contributed by atoms with E-state index in [1.807, 2.05) is 19.1 Å². The van der Waals surface area contributed by atoms with Crippen LogP contribution < -0.4 is 4.74 Å². The molecule has 0 fully saturated rings. The van der Waals surface area contributed by atoms with E-state index >= 15 is 0 Å². The Morgan fingerprint density at radius 3 is 2.69 bits per heavy atom. The molecule has 0 spiro atoms. The molecule has 3 aromatic rings. The first kappa shape index (κ1) is 21.1. The van der Waals surface area contributed by atoms with Crippen LogP contribution in [-0.4, -0.2) is 33.7 Å². The fourth-order valence-electron chi connectivity index (χ4n) is 2.81. The number of hydrogen-bond acceptors (Lipinski definition) is 5. The highest BCUT2D eigenvalue weighted by Crippen LogP contribution is 2.26. The van der Waals surface area contributed by atoms with E-state index in [0.29, 0.717) is 39.7 Å². The van der Waals surface area contributed by atoms with Crippen LogP contribution in [0, 0.1) is 0 Å². The molecule has 0 saturated carbocycles. The first-order valence-corrected chi connectivity index (χ1v) is 10.0. The Bertz CT molecular complexity index is 977. The Kier molecular flexibility index (Phi) is 7.12. The van der Waals surface area contributed by atoms with E-state index < -0.39 is 6.10 Å². The molecule has 152 valence electrons. The van der Waals surface area contributed by atoms with Gasteiger partial charge in [0.2, 0.25) is 11.8 Å². The number of halogens is 2. The molecule has 1 amide bonds. The third-order valence-corrected chi connectivity index (χ3v) is 4.72. The standard InChI is InChI=1S/C21H21Cl2N3O3/c1-3-11-26(21(27)14(2)28-16-8-6-7-15(22)12-16)13-19-24-25-20(29-19)17-9-4-5-10-18(17)23/h4-10,12,14H,3,11,13H2,1-2H3. The van der Waals surface area contributed by atoms with Crippen molar-refractivity contribution in [3.63, 3.8) is 0 Å². The topological polar surface area (TPSA) is 68.5 Å². The lowest BCUT2D eigenvalue weighted by Gasteiger charge is -2.24. The quantitative estimate of drug-likeness (QED) is 0.485. The van der Waals surface area contributed by atoms with Gasteiger partial charge in [0.25, 0.3) is 5.91 Å². The van der Waals surface area contributed by atoms with Gasteiger partial charge in [-0.2, -0.15) is 0 Å². The molecule has 1 heterocycles. The molecule has 1 unspecified atom stereocenters. The number of carbonyl (C=O) groups excluding carboxylic acids is 1. The molecule has 0 aliphatic carbocycles. The predicted molar refractivity (Wildman–Crippen MR) is 112 cm³/mol. The normalized spacial score (nSPS) is 11.9. The number of rotatable bonds is 8. The van der Waals surface area contributed by atoms with E-state index in [4.69, 9.17) is 32.4 Å². The minimum Gasteiger partial charge on any atom is -0.481 e. The average molecular weight is 434 g/mol. The summed E-state index contributed by atoms with van der Waals surface area (Å²) in [5.41, 5.74) is 0.652. The van der Waals surface area contributed by atoms with E-state index in [1.54, 1.807) is 48.2 Å². The summed E-state index contributed by atoms with van der Waals surface area (Å²) in [5, 5.41) is 9.19. The van der Waals surface area contributed by atoms with Gasteiger partial charge in [-0.3, -0.25) is 4.79 Å². The minimum atomic E-state index is -0.689. The Balaban J connectivity index is 1.71. The Morgan fingerprint density at radius 1 is 1.17 bits per heavy atom. The number of hydrogen-bond donors (Lipinski definition) is 0. The van der Waals surface area contributed by atoms with Crippen molar-refractivity contribution >= 4 is 29.1 Å². The summed E-state index contributed by atoms with van der Waals surface area (Å²) in [5.74, 6) is 1.01. The van der Waals surface area contributed by atoms with Crippen molar-refractivity contribution in [1.29, 1.82) is 0 Å². The summed E-state index contributed by atoms with van der Waals surface area (Å²) in [6, 6.07) is 14.2.